The summed E-state index contributed by atoms with van der Waals surface area (Å²) in [6.07, 6.45) is 4.64. The van der Waals surface area contributed by atoms with Gasteiger partial charge in [-0.05, 0) is 57.6 Å². The maximum Gasteiger partial charge on any atom is 0.0736 e. The molecule has 3 heterocycles. The van der Waals surface area contributed by atoms with Gasteiger partial charge in [0.2, 0.25) is 0 Å². The Labute approximate surface area is 140 Å². The van der Waals surface area contributed by atoms with E-state index in [0.29, 0.717) is 5.92 Å². The Hall–Kier alpha value is -0.970. The lowest BCUT2D eigenvalue weighted by Crippen LogP contribution is -2.47. The molecule has 0 amide bonds. The minimum absolute atomic E-state index is 0.119. The van der Waals surface area contributed by atoms with Gasteiger partial charge in [0.05, 0.1) is 11.3 Å². The average molecular weight is 318 g/mol. The second kappa shape index (κ2) is 7.73. The summed E-state index contributed by atoms with van der Waals surface area (Å²) < 4.78 is 11.8. The number of pyridine rings is 1. The average Bonchev–Trinajstić information content (AvgIpc) is 2.93. The van der Waals surface area contributed by atoms with Gasteiger partial charge in [-0.2, -0.15) is 0 Å². The summed E-state index contributed by atoms with van der Waals surface area (Å²) in [5, 5.41) is 0. The van der Waals surface area contributed by atoms with Crippen molar-refractivity contribution in [3.8, 4) is 0 Å². The first kappa shape index (κ1) is 16.9. The van der Waals surface area contributed by atoms with Crippen LogP contribution in [0.1, 0.15) is 44.0 Å². The zero-order valence-electron chi connectivity index (χ0n) is 14.6. The minimum Gasteiger partial charge on any atom is -0.382 e. The zero-order chi connectivity index (χ0) is 16.1. The van der Waals surface area contributed by atoms with Crippen LogP contribution in [-0.4, -0.2) is 48.4 Å². The standard InChI is InChI=1S/C19H30N2O2/c1-3-22-13-7-17-8-14-23-19(17)9-11-21(12-10-19)15-18-6-4-5-16(2)20-18/h4-6,17H,3,7-15H2,1-2H3. The number of ether oxygens (including phenoxy) is 2. The van der Waals surface area contributed by atoms with Crippen molar-refractivity contribution in [3.63, 3.8) is 0 Å². The first-order valence-corrected chi connectivity index (χ1v) is 9.08. The molecule has 2 saturated heterocycles. The Kier molecular flexibility index (Phi) is 5.67. The number of aromatic nitrogens is 1. The molecule has 0 bridgehead atoms. The van der Waals surface area contributed by atoms with Crippen molar-refractivity contribution in [2.45, 2.75) is 51.7 Å². The predicted molar refractivity (Wildman–Crippen MR) is 91.4 cm³/mol. The molecule has 0 N–H and O–H groups in total. The van der Waals surface area contributed by atoms with Gasteiger partial charge in [-0.1, -0.05) is 6.07 Å². The van der Waals surface area contributed by atoms with E-state index in [1.54, 1.807) is 0 Å². The van der Waals surface area contributed by atoms with Crippen LogP contribution in [0.5, 0.6) is 0 Å². The number of piperidine rings is 1. The van der Waals surface area contributed by atoms with Gasteiger partial charge < -0.3 is 9.47 Å². The predicted octanol–water partition coefficient (Wildman–Crippen LogP) is 3.19. The number of aryl methyl sites for hydroxylation is 1. The summed E-state index contributed by atoms with van der Waals surface area (Å²) in [4.78, 5) is 7.15. The van der Waals surface area contributed by atoms with Crippen LogP contribution < -0.4 is 0 Å². The van der Waals surface area contributed by atoms with Gasteiger partial charge in [0.15, 0.2) is 0 Å². The van der Waals surface area contributed by atoms with Crippen molar-refractivity contribution in [2.75, 3.05) is 32.9 Å². The van der Waals surface area contributed by atoms with E-state index in [2.05, 4.69) is 41.9 Å². The second-order valence-electron chi connectivity index (χ2n) is 6.93. The van der Waals surface area contributed by atoms with E-state index < -0.39 is 0 Å². The van der Waals surface area contributed by atoms with Crippen LogP contribution >= 0.6 is 0 Å². The third-order valence-electron chi connectivity index (χ3n) is 5.45. The third kappa shape index (κ3) is 4.11. The van der Waals surface area contributed by atoms with Crippen LogP contribution in [0, 0.1) is 12.8 Å². The molecule has 1 atom stereocenters. The molecular formula is C19H30N2O2. The van der Waals surface area contributed by atoms with Crippen LogP contribution in [0.2, 0.25) is 0 Å². The largest absolute Gasteiger partial charge is 0.382 e. The SMILES string of the molecule is CCOCCC1CCOC12CCN(Cc1cccc(C)n1)CC2. The van der Waals surface area contributed by atoms with Crippen LogP contribution in [0.25, 0.3) is 0 Å². The fourth-order valence-electron chi connectivity index (χ4n) is 4.12. The minimum atomic E-state index is 0.119. The molecule has 1 aromatic heterocycles. The molecular weight excluding hydrogens is 288 g/mol. The highest BCUT2D eigenvalue weighted by Gasteiger charge is 2.45. The van der Waals surface area contributed by atoms with Crippen LogP contribution in [0.4, 0.5) is 0 Å². The lowest BCUT2D eigenvalue weighted by atomic mass is 9.78. The van der Waals surface area contributed by atoms with E-state index in [0.717, 1.165) is 64.4 Å². The highest BCUT2D eigenvalue weighted by atomic mass is 16.5. The monoisotopic (exact) mass is 318 g/mol. The quantitative estimate of drug-likeness (QED) is 0.755. The van der Waals surface area contributed by atoms with E-state index in [1.807, 2.05) is 0 Å². The fourth-order valence-corrected chi connectivity index (χ4v) is 4.12. The van der Waals surface area contributed by atoms with Gasteiger partial charge in [-0.15, -0.1) is 0 Å². The van der Waals surface area contributed by atoms with Crippen LogP contribution in [-0.2, 0) is 16.0 Å². The number of hydrogen-bond donors (Lipinski definition) is 0. The summed E-state index contributed by atoms with van der Waals surface area (Å²) in [6, 6.07) is 6.30. The fraction of sp³-hybridized carbons (Fsp3) is 0.737. The summed E-state index contributed by atoms with van der Waals surface area (Å²) in [5.41, 5.74) is 2.40. The van der Waals surface area contributed by atoms with E-state index in [4.69, 9.17) is 9.47 Å². The molecule has 2 fully saturated rings. The Morgan fingerprint density at radius 1 is 1.35 bits per heavy atom. The lowest BCUT2D eigenvalue weighted by Gasteiger charge is -2.42. The topological polar surface area (TPSA) is 34.6 Å². The normalized spacial score (nSPS) is 24.3. The zero-order valence-corrected chi connectivity index (χ0v) is 14.6. The Balaban J connectivity index is 1.52. The molecule has 4 nitrogen and oxygen atoms in total. The molecule has 0 aromatic carbocycles. The summed E-state index contributed by atoms with van der Waals surface area (Å²) in [5.74, 6) is 0.674. The molecule has 3 rings (SSSR count). The molecule has 2 aliphatic heterocycles. The number of nitrogens with zero attached hydrogens (tertiary/aromatic N) is 2. The van der Waals surface area contributed by atoms with Gasteiger partial charge in [0.25, 0.3) is 0 Å². The number of likely N-dealkylation sites (tertiary alicyclic amines) is 1. The van der Waals surface area contributed by atoms with Gasteiger partial charge in [0, 0.05) is 45.1 Å². The van der Waals surface area contributed by atoms with Crippen molar-refractivity contribution < 1.29 is 9.47 Å². The molecule has 23 heavy (non-hydrogen) atoms. The Bertz CT molecular complexity index is 498. The van der Waals surface area contributed by atoms with E-state index >= 15 is 0 Å². The first-order chi connectivity index (χ1) is 11.2. The summed E-state index contributed by atoms with van der Waals surface area (Å²) >= 11 is 0. The van der Waals surface area contributed by atoms with Gasteiger partial charge in [-0.25, -0.2) is 0 Å². The maximum atomic E-state index is 6.24. The van der Waals surface area contributed by atoms with E-state index in [1.165, 1.54) is 12.1 Å². The molecule has 4 heteroatoms. The van der Waals surface area contributed by atoms with Crippen LogP contribution in [0.3, 0.4) is 0 Å². The van der Waals surface area contributed by atoms with Crippen molar-refractivity contribution in [2.24, 2.45) is 5.92 Å². The Morgan fingerprint density at radius 3 is 2.91 bits per heavy atom. The number of hydrogen-bond acceptors (Lipinski definition) is 4. The molecule has 1 aromatic rings. The van der Waals surface area contributed by atoms with E-state index in [-0.39, 0.29) is 5.60 Å². The van der Waals surface area contributed by atoms with E-state index in [9.17, 15) is 0 Å². The van der Waals surface area contributed by atoms with Crippen molar-refractivity contribution in [1.29, 1.82) is 0 Å². The van der Waals surface area contributed by atoms with Crippen molar-refractivity contribution >= 4 is 0 Å². The molecule has 1 unspecified atom stereocenters. The smallest absolute Gasteiger partial charge is 0.0736 e. The first-order valence-electron chi connectivity index (χ1n) is 9.08. The lowest BCUT2D eigenvalue weighted by molar-refractivity contribution is -0.0729. The molecule has 0 aliphatic carbocycles. The molecule has 0 saturated carbocycles. The Morgan fingerprint density at radius 2 is 2.17 bits per heavy atom. The third-order valence-corrected chi connectivity index (χ3v) is 5.45. The molecule has 1 spiro atoms. The highest BCUT2D eigenvalue weighted by molar-refractivity contribution is 5.10. The molecule has 2 aliphatic rings. The summed E-state index contributed by atoms with van der Waals surface area (Å²) in [6.45, 7) is 9.93. The second-order valence-corrected chi connectivity index (χ2v) is 6.93. The molecule has 128 valence electrons. The molecule has 0 radical (unpaired) electrons. The maximum absolute atomic E-state index is 6.24. The van der Waals surface area contributed by atoms with Gasteiger partial charge >= 0.3 is 0 Å². The van der Waals surface area contributed by atoms with Crippen LogP contribution in [0.15, 0.2) is 18.2 Å². The highest BCUT2D eigenvalue weighted by Crippen LogP contribution is 2.42. The van der Waals surface area contributed by atoms with Gasteiger partial charge in [-0.3, -0.25) is 9.88 Å². The summed E-state index contributed by atoms with van der Waals surface area (Å²) in [7, 11) is 0. The van der Waals surface area contributed by atoms with Crippen molar-refractivity contribution in [1.82, 2.24) is 9.88 Å². The number of rotatable bonds is 6. The van der Waals surface area contributed by atoms with Crippen molar-refractivity contribution in [3.05, 3.63) is 29.6 Å². The van der Waals surface area contributed by atoms with Gasteiger partial charge in [0.1, 0.15) is 0 Å².